The van der Waals surface area contributed by atoms with E-state index in [1.807, 2.05) is 21.1 Å². The summed E-state index contributed by atoms with van der Waals surface area (Å²) in [6.07, 6.45) is 80.3. The lowest BCUT2D eigenvalue weighted by molar-refractivity contribution is -0.870. The van der Waals surface area contributed by atoms with Gasteiger partial charge in [0.15, 0.2) is 6.10 Å². The van der Waals surface area contributed by atoms with Crippen molar-refractivity contribution in [1.29, 1.82) is 0 Å². The summed E-state index contributed by atoms with van der Waals surface area (Å²) in [6, 6.07) is 0. The van der Waals surface area contributed by atoms with Crippen LogP contribution in [0.3, 0.4) is 0 Å². The number of esters is 2. The minimum atomic E-state index is -1.51. The van der Waals surface area contributed by atoms with Gasteiger partial charge in [-0.1, -0.05) is 346 Å². The zero-order valence-corrected chi connectivity index (χ0v) is 56.8. The first kappa shape index (κ1) is 81.8. The lowest BCUT2D eigenvalue weighted by Crippen LogP contribution is -2.40. The van der Waals surface area contributed by atoms with Crippen LogP contribution in [0.4, 0.5) is 0 Å². The van der Waals surface area contributed by atoms with E-state index in [-0.39, 0.29) is 38.2 Å². The highest BCUT2D eigenvalue weighted by Crippen LogP contribution is 2.19. The van der Waals surface area contributed by atoms with Crippen molar-refractivity contribution in [2.24, 2.45) is 0 Å². The molecule has 0 heterocycles. The molecule has 0 saturated carbocycles. The number of carbonyl (C=O) groups excluding carboxylic acids is 2. The number of carboxylic acids is 1. The maximum absolute atomic E-state index is 13.0. The molecule has 2 unspecified atom stereocenters. The Kier molecular flexibility index (Phi) is 64.9. The fraction of sp³-hybridized carbons (Fsp3) is 0.907. The molecule has 0 aromatic carbocycles. The third-order valence-corrected chi connectivity index (χ3v) is 17.0. The number of quaternary nitrogens is 1. The van der Waals surface area contributed by atoms with Gasteiger partial charge in [-0.25, -0.2) is 4.79 Å². The number of allylic oxidation sites excluding steroid dienone is 4. The number of hydrogen-bond donors (Lipinski definition) is 1. The largest absolute Gasteiger partial charge is 0.477 e. The molecule has 9 heteroatoms. The minimum Gasteiger partial charge on any atom is -0.477 e. The summed E-state index contributed by atoms with van der Waals surface area (Å²) in [5.74, 6) is -1.97. The van der Waals surface area contributed by atoms with Crippen molar-refractivity contribution < 1.29 is 42.9 Å². The van der Waals surface area contributed by atoms with Crippen LogP contribution in [0, 0.1) is 0 Å². The van der Waals surface area contributed by atoms with E-state index in [1.54, 1.807) is 0 Å². The van der Waals surface area contributed by atoms with Gasteiger partial charge in [-0.05, 0) is 44.9 Å². The number of nitrogens with zero attached hydrogens (tertiary/aromatic N) is 1. The first-order chi connectivity index (χ1) is 41.1. The van der Waals surface area contributed by atoms with E-state index in [4.69, 9.17) is 18.9 Å². The van der Waals surface area contributed by atoms with Gasteiger partial charge in [0.2, 0.25) is 0 Å². The van der Waals surface area contributed by atoms with Gasteiger partial charge in [0.05, 0.1) is 34.4 Å². The smallest absolute Gasteiger partial charge is 0.361 e. The second kappa shape index (κ2) is 66.7. The summed E-state index contributed by atoms with van der Waals surface area (Å²) < 4.78 is 23.0. The molecule has 0 spiro atoms. The molecule has 0 aliphatic carbocycles. The molecular weight excluding hydrogens is 1040 g/mol. The van der Waals surface area contributed by atoms with Gasteiger partial charge in [-0.3, -0.25) is 9.59 Å². The lowest BCUT2D eigenvalue weighted by Gasteiger charge is -2.25. The Hall–Kier alpha value is -2.23. The van der Waals surface area contributed by atoms with Gasteiger partial charge in [0, 0.05) is 12.8 Å². The Balaban J connectivity index is 3.97. The molecule has 1 N–H and O–H groups in total. The van der Waals surface area contributed by atoms with Crippen LogP contribution in [0.5, 0.6) is 0 Å². The summed E-state index contributed by atoms with van der Waals surface area (Å²) in [5, 5.41) is 9.75. The van der Waals surface area contributed by atoms with E-state index in [0.717, 1.165) is 44.9 Å². The molecule has 0 radical (unpaired) electrons. The Bertz CT molecular complexity index is 1430. The topological polar surface area (TPSA) is 108 Å². The molecule has 496 valence electrons. The van der Waals surface area contributed by atoms with E-state index in [2.05, 4.69) is 38.2 Å². The molecule has 84 heavy (non-hydrogen) atoms. The molecule has 9 nitrogen and oxygen atoms in total. The van der Waals surface area contributed by atoms with E-state index in [0.29, 0.717) is 17.4 Å². The molecule has 0 aromatic heterocycles. The second-order valence-electron chi connectivity index (χ2n) is 26.6. The highest BCUT2D eigenvalue weighted by atomic mass is 16.7. The van der Waals surface area contributed by atoms with Crippen molar-refractivity contribution in [2.45, 2.75) is 392 Å². The van der Waals surface area contributed by atoms with E-state index < -0.39 is 18.4 Å². The normalized spacial score (nSPS) is 12.7. The maximum atomic E-state index is 13.0. The van der Waals surface area contributed by atoms with Crippen molar-refractivity contribution in [3.63, 3.8) is 0 Å². The van der Waals surface area contributed by atoms with Crippen LogP contribution in [0.2, 0.25) is 0 Å². The van der Waals surface area contributed by atoms with Gasteiger partial charge >= 0.3 is 17.9 Å². The molecule has 0 aliphatic rings. The van der Waals surface area contributed by atoms with Gasteiger partial charge in [-0.2, -0.15) is 0 Å². The SMILES string of the molecule is CCCCCCC/C=C\C/C=C\CCCCCCCCCCCCCCCCCCCCCCCCCCCC(=O)OC(COC(=O)CCCCCCCCCCCCCCCCCCCCCCCC)COC(OCC[N+](C)(C)C)C(=O)O. The first-order valence-electron chi connectivity index (χ1n) is 37.0. The summed E-state index contributed by atoms with van der Waals surface area (Å²) >= 11 is 0. The van der Waals surface area contributed by atoms with Gasteiger partial charge in [0.1, 0.15) is 13.2 Å². The van der Waals surface area contributed by atoms with Gasteiger partial charge in [0.25, 0.3) is 6.29 Å². The maximum Gasteiger partial charge on any atom is 0.361 e. The summed E-state index contributed by atoms with van der Waals surface area (Å²) in [7, 11) is 6.00. The van der Waals surface area contributed by atoms with E-state index >= 15 is 0 Å². The number of ether oxygens (including phenoxy) is 4. The van der Waals surface area contributed by atoms with Crippen molar-refractivity contribution in [1.82, 2.24) is 0 Å². The monoisotopic (exact) mass is 1190 g/mol. The molecule has 0 saturated heterocycles. The van der Waals surface area contributed by atoms with Crippen molar-refractivity contribution in [2.75, 3.05) is 47.5 Å². The molecule has 2 atom stereocenters. The van der Waals surface area contributed by atoms with Crippen LogP contribution < -0.4 is 0 Å². The van der Waals surface area contributed by atoms with Crippen LogP contribution >= 0.6 is 0 Å². The van der Waals surface area contributed by atoms with Gasteiger partial charge in [-0.15, -0.1) is 0 Å². The third-order valence-electron chi connectivity index (χ3n) is 17.0. The molecule has 0 fully saturated rings. The zero-order chi connectivity index (χ0) is 61.2. The molecule has 0 aliphatic heterocycles. The Labute approximate surface area is 522 Å². The standard InChI is InChI=1S/C75H143NO8/c1-6-8-10-12-14-16-18-20-22-24-26-28-30-31-32-33-34-35-36-37-38-39-40-41-42-43-44-46-48-50-52-54-56-58-60-62-64-66-73(78)84-71(70-83-75(74(79)80)81-68-67-76(3,4)5)69-82-72(77)65-63-61-59-57-55-53-51-49-47-45-29-27-25-23-21-19-17-15-13-11-9-7-2/h18,20,24,26,71,75H,6-17,19,21-23,25,27-70H2,1-5H3/p+1/b20-18-,26-24-. The van der Waals surface area contributed by atoms with E-state index in [9.17, 15) is 19.5 Å². The van der Waals surface area contributed by atoms with Crippen molar-refractivity contribution in [3.8, 4) is 0 Å². The molecule has 0 bridgehead atoms. The van der Waals surface area contributed by atoms with Crippen LogP contribution in [-0.2, 0) is 33.3 Å². The number of unbranched alkanes of at least 4 members (excludes halogenated alkanes) is 51. The van der Waals surface area contributed by atoms with Crippen molar-refractivity contribution in [3.05, 3.63) is 24.3 Å². The Morgan fingerprint density at radius 1 is 0.357 bits per heavy atom. The molecule has 0 rings (SSSR count). The number of rotatable bonds is 70. The van der Waals surface area contributed by atoms with Crippen LogP contribution in [0.15, 0.2) is 24.3 Å². The van der Waals surface area contributed by atoms with Crippen LogP contribution in [0.1, 0.15) is 380 Å². The quantitative estimate of drug-likeness (QED) is 0.0211. The highest BCUT2D eigenvalue weighted by molar-refractivity contribution is 5.71. The Morgan fingerprint density at radius 3 is 0.940 bits per heavy atom. The highest BCUT2D eigenvalue weighted by Gasteiger charge is 2.25. The van der Waals surface area contributed by atoms with Crippen LogP contribution in [0.25, 0.3) is 0 Å². The third kappa shape index (κ3) is 67.3. The minimum absolute atomic E-state index is 0.174. The second-order valence-corrected chi connectivity index (χ2v) is 26.6. The molecule has 0 amide bonds. The fourth-order valence-corrected chi connectivity index (χ4v) is 11.3. The summed E-state index contributed by atoms with van der Waals surface area (Å²) in [5.41, 5.74) is 0. The predicted octanol–water partition coefficient (Wildman–Crippen LogP) is 23.0. The molecular formula is C75H144NO8+. The zero-order valence-electron chi connectivity index (χ0n) is 56.8. The summed E-state index contributed by atoms with van der Waals surface area (Å²) in [4.78, 5) is 37.6. The number of likely N-dealkylation sites (N-methyl/N-ethyl adjacent to an activating group) is 1. The number of hydrogen-bond acceptors (Lipinski definition) is 7. The van der Waals surface area contributed by atoms with Crippen molar-refractivity contribution >= 4 is 17.9 Å². The fourth-order valence-electron chi connectivity index (χ4n) is 11.3. The van der Waals surface area contributed by atoms with E-state index in [1.165, 1.54) is 308 Å². The Morgan fingerprint density at radius 2 is 0.643 bits per heavy atom. The molecule has 0 aromatic rings. The first-order valence-corrected chi connectivity index (χ1v) is 37.0. The number of carbonyl (C=O) groups is 3. The number of aliphatic carboxylic acids is 1. The van der Waals surface area contributed by atoms with Crippen LogP contribution in [-0.4, -0.2) is 87.4 Å². The average molecular weight is 1190 g/mol. The lowest BCUT2D eigenvalue weighted by atomic mass is 10.0. The average Bonchev–Trinajstić information content (AvgIpc) is 3.55. The summed E-state index contributed by atoms with van der Waals surface area (Å²) in [6.45, 7) is 4.95. The number of carboxylic acid groups (broad SMARTS) is 1. The van der Waals surface area contributed by atoms with Gasteiger partial charge < -0.3 is 28.5 Å². The predicted molar refractivity (Wildman–Crippen MR) is 360 cm³/mol.